The van der Waals surface area contributed by atoms with Crippen molar-refractivity contribution in [2.45, 2.75) is 12.5 Å². The molecule has 100 valence electrons. The summed E-state index contributed by atoms with van der Waals surface area (Å²) in [6, 6.07) is 10.2. The second-order valence-electron chi connectivity index (χ2n) is 4.22. The lowest BCUT2D eigenvalue weighted by atomic mass is 9.99. The maximum atomic E-state index is 13.7. The number of halogens is 3. The molecule has 1 atom stereocenters. The summed E-state index contributed by atoms with van der Waals surface area (Å²) in [5.41, 5.74) is 3.83. The lowest BCUT2D eigenvalue weighted by Gasteiger charge is -2.17. The van der Waals surface area contributed by atoms with Crippen LogP contribution in [0.4, 0.5) is 8.78 Å². The first-order chi connectivity index (χ1) is 9.10. The average molecular weight is 283 g/mol. The molecule has 0 fully saturated rings. The predicted octanol–water partition coefficient (Wildman–Crippen LogP) is 3.37. The van der Waals surface area contributed by atoms with Crippen LogP contribution < -0.4 is 11.3 Å². The summed E-state index contributed by atoms with van der Waals surface area (Å²) in [6.07, 6.45) is 0.482. The molecule has 0 spiro atoms. The maximum Gasteiger partial charge on any atom is 0.130 e. The van der Waals surface area contributed by atoms with Gasteiger partial charge >= 0.3 is 0 Å². The Bertz CT molecular complexity index is 558. The van der Waals surface area contributed by atoms with Crippen LogP contribution in [0.5, 0.6) is 0 Å². The fraction of sp³-hybridized carbons (Fsp3) is 0.143. The Morgan fingerprint density at radius 2 is 1.79 bits per heavy atom. The van der Waals surface area contributed by atoms with Crippen molar-refractivity contribution in [3.05, 3.63) is 70.2 Å². The molecule has 2 nitrogen and oxygen atoms in total. The van der Waals surface area contributed by atoms with Gasteiger partial charge in [0.25, 0.3) is 0 Å². The minimum absolute atomic E-state index is 0.332. The normalized spacial score (nSPS) is 12.4. The lowest BCUT2D eigenvalue weighted by molar-refractivity contribution is 0.502. The first-order valence-electron chi connectivity index (χ1n) is 5.75. The van der Waals surface area contributed by atoms with Crippen LogP contribution in [0.3, 0.4) is 0 Å². The summed E-state index contributed by atoms with van der Waals surface area (Å²) in [5.74, 6) is 4.23. The number of hydrazine groups is 1. The Morgan fingerprint density at radius 3 is 2.37 bits per heavy atom. The highest BCUT2D eigenvalue weighted by atomic mass is 35.5. The van der Waals surface area contributed by atoms with E-state index in [4.69, 9.17) is 17.4 Å². The van der Waals surface area contributed by atoms with E-state index in [1.165, 1.54) is 12.1 Å². The van der Waals surface area contributed by atoms with Gasteiger partial charge in [-0.25, -0.2) is 8.78 Å². The number of nitrogens with one attached hydrogen (secondary N) is 1. The summed E-state index contributed by atoms with van der Waals surface area (Å²) in [7, 11) is 0. The van der Waals surface area contributed by atoms with Crippen molar-refractivity contribution in [1.82, 2.24) is 5.43 Å². The summed E-state index contributed by atoms with van der Waals surface area (Å²) in [4.78, 5) is 0. The third-order valence-electron chi connectivity index (χ3n) is 2.89. The van der Waals surface area contributed by atoms with Crippen molar-refractivity contribution < 1.29 is 8.78 Å². The second kappa shape index (κ2) is 6.10. The van der Waals surface area contributed by atoms with Gasteiger partial charge in [-0.2, -0.15) is 0 Å². The molecule has 3 N–H and O–H groups in total. The molecule has 2 aromatic carbocycles. The predicted molar refractivity (Wildman–Crippen MR) is 71.6 cm³/mol. The van der Waals surface area contributed by atoms with E-state index in [1.807, 2.05) is 12.1 Å². The number of benzene rings is 2. The number of hydrogen-bond acceptors (Lipinski definition) is 2. The molecule has 0 heterocycles. The first kappa shape index (κ1) is 13.9. The van der Waals surface area contributed by atoms with E-state index < -0.39 is 17.7 Å². The van der Waals surface area contributed by atoms with E-state index in [0.29, 0.717) is 17.0 Å². The quantitative estimate of drug-likeness (QED) is 0.666. The molecule has 2 aromatic rings. The van der Waals surface area contributed by atoms with Crippen molar-refractivity contribution in [1.29, 1.82) is 0 Å². The topological polar surface area (TPSA) is 38.0 Å². The highest BCUT2D eigenvalue weighted by Gasteiger charge is 2.15. The fourth-order valence-corrected chi connectivity index (χ4v) is 2.02. The van der Waals surface area contributed by atoms with Crippen LogP contribution in [0, 0.1) is 11.6 Å². The molecule has 5 heteroatoms. The summed E-state index contributed by atoms with van der Waals surface area (Å²) in [6.45, 7) is 0. The Morgan fingerprint density at radius 1 is 1.11 bits per heavy atom. The van der Waals surface area contributed by atoms with Crippen LogP contribution in [0.2, 0.25) is 5.02 Å². The van der Waals surface area contributed by atoms with Gasteiger partial charge in [0, 0.05) is 16.7 Å². The molecule has 19 heavy (non-hydrogen) atoms. The second-order valence-corrected chi connectivity index (χ2v) is 4.65. The van der Waals surface area contributed by atoms with Gasteiger partial charge in [-0.05, 0) is 30.2 Å². The molecule has 0 aliphatic carbocycles. The molecule has 0 aromatic heterocycles. The highest BCUT2D eigenvalue weighted by molar-refractivity contribution is 6.30. The van der Waals surface area contributed by atoms with Crippen LogP contribution in [0.1, 0.15) is 17.2 Å². The molecule has 0 saturated heterocycles. The van der Waals surface area contributed by atoms with Crippen LogP contribution in [-0.2, 0) is 6.42 Å². The van der Waals surface area contributed by atoms with E-state index in [2.05, 4.69) is 5.43 Å². The molecule has 0 aliphatic heterocycles. The summed E-state index contributed by atoms with van der Waals surface area (Å²) in [5, 5.41) is 0.633. The van der Waals surface area contributed by atoms with E-state index in [-0.39, 0.29) is 0 Å². The smallest absolute Gasteiger partial charge is 0.130 e. The molecule has 0 amide bonds. The van der Waals surface area contributed by atoms with Gasteiger partial charge in [-0.3, -0.25) is 11.3 Å². The maximum absolute atomic E-state index is 13.7. The first-order valence-corrected chi connectivity index (χ1v) is 6.13. The van der Waals surface area contributed by atoms with E-state index >= 15 is 0 Å². The molecule has 0 bridgehead atoms. The minimum atomic E-state index is -0.614. The number of nitrogens with two attached hydrogens (primary N) is 1. The molecule has 0 saturated carbocycles. The SMILES string of the molecule is NNC(Cc1ccc(Cl)cc1)c1ccc(F)cc1F. The average Bonchev–Trinajstić information content (AvgIpc) is 2.39. The van der Waals surface area contributed by atoms with Gasteiger partial charge in [0.15, 0.2) is 0 Å². The Labute approximate surface area is 115 Å². The standard InChI is InChI=1S/C14H13ClF2N2/c15-10-3-1-9(2-4-10)7-14(19-18)12-6-5-11(16)8-13(12)17/h1-6,8,14,19H,7,18H2. The Balaban J connectivity index is 2.22. The van der Waals surface area contributed by atoms with Crippen molar-refractivity contribution in [2.24, 2.45) is 5.84 Å². The summed E-state index contributed by atoms with van der Waals surface area (Å²) >= 11 is 5.80. The Kier molecular flexibility index (Phi) is 4.47. The monoisotopic (exact) mass is 282 g/mol. The van der Waals surface area contributed by atoms with Crippen molar-refractivity contribution in [2.75, 3.05) is 0 Å². The zero-order valence-electron chi connectivity index (χ0n) is 10.0. The van der Waals surface area contributed by atoms with E-state index in [0.717, 1.165) is 11.6 Å². The van der Waals surface area contributed by atoms with Crippen LogP contribution in [0.25, 0.3) is 0 Å². The fourth-order valence-electron chi connectivity index (χ4n) is 1.90. The molecule has 2 rings (SSSR count). The van der Waals surface area contributed by atoms with Gasteiger partial charge in [0.1, 0.15) is 11.6 Å². The van der Waals surface area contributed by atoms with Gasteiger partial charge < -0.3 is 0 Å². The van der Waals surface area contributed by atoms with Gasteiger partial charge in [-0.15, -0.1) is 0 Å². The van der Waals surface area contributed by atoms with Crippen LogP contribution >= 0.6 is 11.6 Å². The van der Waals surface area contributed by atoms with Gasteiger partial charge in [0.2, 0.25) is 0 Å². The molecule has 0 aliphatic rings. The molecule has 0 radical (unpaired) electrons. The molecular weight excluding hydrogens is 270 g/mol. The zero-order chi connectivity index (χ0) is 13.8. The largest absolute Gasteiger partial charge is 0.271 e. The van der Waals surface area contributed by atoms with Crippen LogP contribution in [-0.4, -0.2) is 0 Å². The third kappa shape index (κ3) is 3.50. The third-order valence-corrected chi connectivity index (χ3v) is 3.14. The van der Waals surface area contributed by atoms with E-state index in [9.17, 15) is 8.78 Å². The van der Waals surface area contributed by atoms with Crippen molar-refractivity contribution in [3.8, 4) is 0 Å². The van der Waals surface area contributed by atoms with Gasteiger partial charge in [0.05, 0.1) is 6.04 Å². The summed E-state index contributed by atoms with van der Waals surface area (Å²) < 4.78 is 26.6. The van der Waals surface area contributed by atoms with E-state index in [1.54, 1.807) is 12.1 Å². The zero-order valence-corrected chi connectivity index (χ0v) is 10.8. The van der Waals surface area contributed by atoms with Gasteiger partial charge in [-0.1, -0.05) is 29.8 Å². The number of rotatable bonds is 4. The Hall–Kier alpha value is -1.49. The van der Waals surface area contributed by atoms with Crippen molar-refractivity contribution in [3.63, 3.8) is 0 Å². The minimum Gasteiger partial charge on any atom is -0.271 e. The molecular formula is C14H13ClF2N2. The van der Waals surface area contributed by atoms with Crippen molar-refractivity contribution >= 4 is 11.6 Å². The van der Waals surface area contributed by atoms with Crippen LogP contribution in [0.15, 0.2) is 42.5 Å². The highest BCUT2D eigenvalue weighted by Crippen LogP contribution is 2.22. The molecule has 1 unspecified atom stereocenters. The number of hydrogen-bond donors (Lipinski definition) is 2. The lowest BCUT2D eigenvalue weighted by Crippen LogP contribution is -2.30.